The molecule has 0 radical (unpaired) electrons. The molecule has 6 nitrogen and oxygen atoms in total. The van der Waals surface area contributed by atoms with E-state index in [4.69, 9.17) is 9.47 Å². The van der Waals surface area contributed by atoms with Gasteiger partial charge in [-0.2, -0.15) is 0 Å². The van der Waals surface area contributed by atoms with Gasteiger partial charge in [-0.3, -0.25) is 14.5 Å². The molecule has 2 aromatic rings. The fraction of sp³-hybridized carbons (Fsp3) is 0.286. The van der Waals surface area contributed by atoms with Gasteiger partial charge in [0.15, 0.2) is 6.61 Å². The zero-order chi connectivity index (χ0) is 20.1. The molecule has 0 saturated carbocycles. The molecule has 7 heteroatoms. The van der Waals surface area contributed by atoms with Gasteiger partial charge in [-0.25, -0.2) is 4.79 Å². The predicted molar refractivity (Wildman–Crippen MR) is 106 cm³/mol. The molecular formula is C21H20BrNO5. The number of carbonyl (C=O) groups excluding carboxylic acids is 3. The van der Waals surface area contributed by atoms with E-state index < -0.39 is 5.97 Å². The topological polar surface area (TPSA) is 72.9 Å². The fourth-order valence-corrected chi connectivity index (χ4v) is 3.35. The minimum atomic E-state index is -0.489. The third kappa shape index (κ3) is 4.42. The number of nitrogens with zero attached hydrogens (tertiary/aromatic N) is 1. The summed E-state index contributed by atoms with van der Waals surface area (Å²) in [6, 6.07) is 12.5. The van der Waals surface area contributed by atoms with Crippen molar-refractivity contribution < 1.29 is 23.9 Å². The Morgan fingerprint density at radius 2 is 1.82 bits per heavy atom. The maximum absolute atomic E-state index is 12.4. The smallest absolute Gasteiger partial charge is 0.344 e. The summed E-state index contributed by atoms with van der Waals surface area (Å²) >= 11 is 3.30. The SMILES string of the molecule is CCc1ccccc1OCC(=O)OCCCN1C(=O)c2ccc(Br)cc2C1=O. The number of aryl methyl sites for hydroxylation is 1. The second kappa shape index (κ2) is 9.01. The summed E-state index contributed by atoms with van der Waals surface area (Å²) < 4.78 is 11.4. The number of imide groups is 1. The Bertz CT molecular complexity index is 911. The van der Waals surface area contributed by atoms with Gasteiger partial charge in [0.1, 0.15) is 5.75 Å². The van der Waals surface area contributed by atoms with Crippen molar-refractivity contribution in [2.24, 2.45) is 0 Å². The molecule has 1 aliphatic rings. The molecule has 2 amide bonds. The van der Waals surface area contributed by atoms with Gasteiger partial charge in [-0.1, -0.05) is 41.1 Å². The van der Waals surface area contributed by atoms with Crippen LogP contribution in [0, 0.1) is 0 Å². The molecular weight excluding hydrogens is 426 g/mol. The molecule has 0 bridgehead atoms. The third-order valence-corrected chi connectivity index (χ3v) is 4.91. The molecule has 0 atom stereocenters. The van der Waals surface area contributed by atoms with Gasteiger partial charge >= 0.3 is 5.97 Å². The molecule has 0 spiro atoms. The van der Waals surface area contributed by atoms with Crippen LogP contribution in [0.2, 0.25) is 0 Å². The molecule has 0 N–H and O–H groups in total. The van der Waals surface area contributed by atoms with E-state index >= 15 is 0 Å². The van der Waals surface area contributed by atoms with Crippen molar-refractivity contribution in [3.63, 3.8) is 0 Å². The Hall–Kier alpha value is -2.67. The Labute approximate surface area is 171 Å². The van der Waals surface area contributed by atoms with Gasteiger partial charge in [0, 0.05) is 11.0 Å². The van der Waals surface area contributed by atoms with Crippen molar-refractivity contribution in [3.05, 3.63) is 63.6 Å². The first kappa shape index (κ1) is 20.1. The van der Waals surface area contributed by atoms with Crippen molar-refractivity contribution in [1.82, 2.24) is 4.90 Å². The number of benzene rings is 2. The van der Waals surface area contributed by atoms with Gasteiger partial charge in [-0.05, 0) is 42.7 Å². The molecule has 146 valence electrons. The van der Waals surface area contributed by atoms with Crippen LogP contribution in [0.4, 0.5) is 0 Å². The van der Waals surface area contributed by atoms with E-state index in [0.29, 0.717) is 23.3 Å². The molecule has 0 aromatic heterocycles. The fourth-order valence-electron chi connectivity index (χ4n) is 2.99. The Kier molecular flexibility index (Phi) is 6.46. The van der Waals surface area contributed by atoms with Crippen LogP contribution in [-0.4, -0.2) is 42.4 Å². The molecule has 1 aliphatic heterocycles. The number of esters is 1. The Balaban J connectivity index is 1.43. The number of carbonyl (C=O) groups is 3. The average Bonchev–Trinajstić information content (AvgIpc) is 2.93. The third-order valence-electron chi connectivity index (χ3n) is 4.42. The summed E-state index contributed by atoms with van der Waals surface area (Å²) in [6.07, 6.45) is 1.17. The highest BCUT2D eigenvalue weighted by Gasteiger charge is 2.35. The monoisotopic (exact) mass is 445 g/mol. The molecule has 0 unspecified atom stereocenters. The van der Waals surface area contributed by atoms with Crippen molar-refractivity contribution in [2.45, 2.75) is 19.8 Å². The maximum Gasteiger partial charge on any atom is 0.344 e. The number of fused-ring (bicyclic) bond motifs is 1. The average molecular weight is 446 g/mol. The molecule has 0 saturated heterocycles. The van der Waals surface area contributed by atoms with Crippen LogP contribution in [0.15, 0.2) is 46.9 Å². The highest BCUT2D eigenvalue weighted by molar-refractivity contribution is 9.10. The van der Waals surface area contributed by atoms with E-state index in [9.17, 15) is 14.4 Å². The summed E-state index contributed by atoms with van der Waals surface area (Å²) in [7, 11) is 0. The lowest BCUT2D eigenvalue weighted by molar-refractivity contribution is -0.146. The molecule has 2 aromatic carbocycles. The maximum atomic E-state index is 12.4. The molecule has 3 rings (SSSR count). The van der Waals surface area contributed by atoms with E-state index in [1.165, 1.54) is 4.90 Å². The molecule has 1 heterocycles. The number of hydrogen-bond acceptors (Lipinski definition) is 5. The summed E-state index contributed by atoms with van der Waals surface area (Å²) in [6.45, 7) is 2.13. The van der Waals surface area contributed by atoms with E-state index in [-0.39, 0.29) is 31.6 Å². The second-order valence-corrected chi connectivity index (χ2v) is 7.19. The van der Waals surface area contributed by atoms with Gasteiger partial charge in [0.2, 0.25) is 0 Å². The normalized spacial score (nSPS) is 12.9. The highest BCUT2D eigenvalue weighted by atomic mass is 79.9. The number of para-hydroxylation sites is 1. The summed E-state index contributed by atoms with van der Waals surface area (Å²) in [4.78, 5) is 37.7. The number of ether oxygens (including phenoxy) is 2. The van der Waals surface area contributed by atoms with Crippen LogP contribution in [0.25, 0.3) is 0 Å². The number of amides is 2. The first-order valence-electron chi connectivity index (χ1n) is 9.03. The number of rotatable bonds is 8. The summed E-state index contributed by atoms with van der Waals surface area (Å²) in [5.74, 6) is -0.471. The lowest BCUT2D eigenvalue weighted by atomic mass is 10.1. The lowest BCUT2D eigenvalue weighted by Gasteiger charge is -2.14. The van der Waals surface area contributed by atoms with Gasteiger partial charge < -0.3 is 9.47 Å². The standard InChI is InChI=1S/C21H20BrNO5/c1-2-14-6-3-4-7-18(14)28-13-19(24)27-11-5-10-23-20(25)16-9-8-15(22)12-17(16)21(23)26/h3-4,6-9,12H,2,5,10-11,13H2,1H3. The molecule has 0 aliphatic carbocycles. The first-order valence-corrected chi connectivity index (χ1v) is 9.82. The van der Waals surface area contributed by atoms with E-state index in [1.54, 1.807) is 18.2 Å². The Morgan fingerprint density at radius 3 is 2.61 bits per heavy atom. The van der Waals surface area contributed by atoms with E-state index in [0.717, 1.165) is 16.5 Å². The summed E-state index contributed by atoms with van der Waals surface area (Å²) in [5, 5.41) is 0. The van der Waals surface area contributed by atoms with Crippen LogP contribution < -0.4 is 4.74 Å². The molecule has 28 heavy (non-hydrogen) atoms. The van der Waals surface area contributed by atoms with Crippen LogP contribution in [0.5, 0.6) is 5.75 Å². The van der Waals surface area contributed by atoms with Crippen LogP contribution in [0.3, 0.4) is 0 Å². The Morgan fingerprint density at radius 1 is 1.07 bits per heavy atom. The van der Waals surface area contributed by atoms with Crippen molar-refractivity contribution in [1.29, 1.82) is 0 Å². The van der Waals surface area contributed by atoms with Crippen LogP contribution in [-0.2, 0) is 16.0 Å². The zero-order valence-electron chi connectivity index (χ0n) is 15.4. The summed E-state index contributed by atoms with van der Waals surface area (Å²) in [5.41, 5.74) is 1.81. The largest absolute Gasteiger partial charge is 0.482 e. The van der Waals surface area contributed by atoms with E-state index in [1.807, 2.05) is 31.2 Å². The minimum absolute atomic E-state index is 0.106. The van der Waals surface area contributed by atoms with E-state index in [2.05, 4.69) is 15.9 Å². The van der Waals surface area contributed by atoms with Crippen molar-refractivity contribution >= 4 is 33.7 Å². The molecule has 0 fully saturated rings. The highest BCUT2D eigenvalue weighted by Crippen LogP contribution is 2.26. The minimum Gasteiger partial charge on any atom is -0.482 e. The lowest BCUT2D eigenvalue weighted by Crippen LogP contribution is -2.31. The quantitative estimate of drug-likeness (QED) is 0.352. The van der Waals surface area contributed by atoms with Crippen LogP contribution in [0.1, 0.15) is 39.6 Å². The zero-order valence-corrected chi connectivity index (χ0v) is 17.0. The van der Waals surface area contributed by atoms with Gasteiger partial charge in [-0.15, -0.1) is 0 Å². The van der Waals surface area contributed by atoms with Crippen molar-refractivity contribution in [3.8, 4) is 5.75 Å². The predicted octanol–water partition coefficient (Wildman–Crippen LogP) is 3.62. The van der Waals surface area contributed by atoms with Crippen LogP contribution >= 0.6 is 15.9 Å². The number of hydrogen-bond donors (Lipinski definition) is 0. The van der Waals surface area contributed by atoms with Gasteiger partial charge in [0.25, 0.3) is 11.8 Å². The first-order chi connectivity index (χ1) is 13.5. The number of halogens is 1. The second-order valence-electron chi connectivity index (χ2n) is 6.28. The van der Waals surface area contributed by atoms with Gasteiger partial charge in [0.05, 0.1) is 17.7 Å². The van der Waals surface area contributed by atoms with Crippen molar-refractivity contribution in [2.75, 3.05) is 19.8 Å².